The minimum atomic E-state index is -0.231. The molecule has 0 bridgehead atoms. The number of nitrogens with one attached hydrogen (secondary N) is 1. The number of carbonyl (C=O) groups is 1. The Balaban J connectivity index is 1.81. The highest BCUT2D eigenvalue weighted by atomic mass is 16.6. The van der Waals surface area contributed by atoms with Gasteiger partial charge in [-0.15, -0.1) is 0 Å². The van der Waals surface area contributed by atoms with Gasteiger partial charge in [-0.05, 0) is 42.7 Å². The molecule has 21 heavy (non-hydrogen) atoms. The van der Waals surface area contributed by atoms with E-state index in [0.717, 1.165) is 22.4 Å². The molecule has 0 aromatic heterocycles. The molecule has 0 heterocycles. The fraction of sp³-hybridized carbons (Fsp3) is 0.176. The van der Waals surface area contributed by atoms with E-state index in [9.17, 15) is 4.79 Å². The standard InChI is InChI=1S/C17H18N2O2/c1-13-8-14(2)10-16(9-13)19-17(20)12-21-18-11-15-6-4-3-5-7-15/h3-11H,12H2,1-2H3,(H,19,20)/b18-11-. The van der Waals surface area contributed by atoms with Crippen LogP contribution in [0.4, 0.5) is 5.69 Å². The van der Waals surface area contributed by atoms with Crippen molar-refractivity contribution >= 4 is 17.8 Å². The van der Waals surface area contributed by atoms with Crippen molar-refractivity contribution < 1.29 is 9.63 Å². The first kappa shape index (κ1) is 14.8. The van der Waals surface area contributed by atoms with Gasteiger partial charge >= 0.3 is 0 Å². The van der Waals surface area contributed by atoms with E-state index in [2.05, 4.69) is 16.5 Å². The van der Waals surface area contributed by atoms with Gasteiger partial charge in [0, 0.05) is 5.69 Å². The molecule has 2 aromatic carbocycles. The average molecular weight is 282 g/mol. The second-order valence-electron chi connectivity index (χ2n) is 4.84. The van der Waals surface area contributed by atoms with Gasteiger partial charge < -0.3 is 10.2 Å². The molecular weight excluding hydrogens is 264 g/mol. The molecule has 0 atom stereocenters. The molecule has 0 fully saturated rings. The van der Waals surface area contributed by atoms with Crippen molar-refractivity contribution in [1.29, 1.82) is 0 Å². The van der Waals surface area contributed by atoms with E-state index in [0.29, 0.717) is 0 Å². The van der Waals surface area contributed by atoms with Crippen LogP contribution in [0.3, 0.4) is 0 Å². The number of amides is 1. The third-order valence-electron chi connectivity index (χ3n) is 2.78. The molecule has 4 nitrogen and oxygen atoms in total. The summed E-state index contributed by atoms with van der Waals surface area (Å²) >= 11 is 0. The summed E-state index contributed by atoms with van der Waals surface area (Å²) in [5.41, 5.74) is 3.90. The maximum absolute atomic E-state index is 11.7. The number of hydrogen-bond donors (Lipinski definition) is 1. The third-order valence-corrected chi connectivity index (χ3v) is 2.78. The first-order chi connectivity index (χ1) is 10.1. The molecule has 0 unspecified atom stereocenters. The van der Waals surface area contributed by atoms with Crippen LogP contribution in [0.15, 0.2) is 53.7 Å². The molecule has 4 heteroatoms. The maximum atomic E-state index is 11.7. The first-order valence-electron chi connectivity index (χ1n) is 6.72. The van der Waals surface area contributed by atoms with Gasteiger partial charge in [0.1, 0.15) is 0 Å². The van der Waals surface area contributed by atoms with Crippen LogP contribution in [0.1, 0.15) is 16.7 Å². The van der Waals surface area contributed by atoms with Crippen LogP contribution in [0.25, 0.3) is 0 Å². The molecule has 0 saturated heterocycles. The zero-order valence-corrected chi connectivity index (χ0v) is 12.2. The smallest absolute Gasteiger partial charge is 0.265 e. The average Bonchev–Trinajstić information content (AvgIpc) is 2.43. The van der Waals surface area contributed by atoms with E-state index in [1.807, 2.05) is 56.3 Å². The van der Waals surface area contributed by atoms with Crippen LogP contribution >= 0.6 is 0 Å². The summed E-state index contributed by atoms with van der Waals surface area (Å²) in [6, 6.07) is 15.4. The topological polar surface area (TPSA) is 50.7 Å². The molecule has 1 N–H and O–H groups in total. The Morgan fingerprint density at radius 2 is 1.81 bits per heavy atom. The molecule has 2 aromatic rings. The highest BCUT2D eigenvalue weighted by Gasteiger charge is 2.03. The summed E-state index contributed by atoms with van der Waals surface area (Å²) < 4.78 is 0. The minimum Gasteiger partial charge on any atom is -0.386 e. The van der Waals surface area contributed by atoms with Crippen molar-refractivity contribution in [2.75, 3.05) is 11.9 Å². The highest BCUT2D eigenvalue weighted by molar-refractivity contribution is 5.91. The fourth-order valence-electron chi connectivity index (χ4n) is 1.98. The van der Waals surface area contributed by atoms with Gasteiger partial charge in [-0.1, -0.05) is 41.6 Å². The van der Waals surface area contributed by atoms with Crippen molar-refractivity contribution in [3.8, 4) is 0 Å². The van der Waals surface area contributed by atoms with E-state index in [4.69, 9.17) is 4.84 Å². The maximum Gasteiger partial charge on any atom is 0.265 e. The fourth-order valence-corrected chi connectivity index (χ4v) is 1.98. The lowest BCUT2D eigenvalue weighted by atomic mass is 10.1. The number of oxime groups is 1. The number of benzene rings is 2. The normalized spacial score (nSPS) is 10.6. The Bertz CT molecular complexity index is 616. The lowest BCUT2D eigenvalue weighted by Gasteiger charge is -2.06. The number of carbonyl (C=O) groups excluding carboxylic acids is 1. The molecule has 0 saturated carbocycles. The molecule has 0 radical (unpaired) electrons. The molecule has 0 aliphatic heterocycles. The van der Waals surface area contributed by atoms with E-state index < -0.39 is 0 Å². The Hall–Kier alpha value is -2.62. The SMILES string of the molecule is Cc1cc(C)cc(NC(=O)CO/N=C\c2ccccc2)c1. The van der Waals surface area contributed by atoms with E-state index >= 15 is 0 Å². The Morgan fingerprint density at radius 1 is 1.14 bits per heavy atom. The van der Waals surface area contributed by atoms with Crippen LogP contribution in [-0.2, 0) is 9.63 Å². The van der Waals surface area contributed by atoms with Gasteiger partial charge in [0.05, 0.1) is 6.21 Å². The Morgan fingerprint density at radius 3 is 2.48 bits per heavy atom. The summed E-state index contributed by atoms with van der Waals surface area (Å²) in [4.78, 5) is 16.7. The van der Waals surface area contributed by atoms with Crippen LogP contribution < -0.4 is 5.32 Å². The monoisotopic (exact) mass is 282 g/mol. The summed E-state index contributed by atoms with van der Waals surface area (Å²) in [6.07, 6.45) is 1.57. The number of anilines is 1. The Kier molecular flexibility index (Phi) is 5.10. The molecule has 0 spiro atoms. The predicted octanol–water partition coefficient (Wildman–Crippen LogP) is 3.29. The Labute approximate surface area is 124 Å². The van der Waals surface area contributed by atoms with Crippen LogP contribution in [-0.4, -0.2) is 18.7 Å². The highest BCUT2D eigenvalue weighted by Crippen LogP contribution is 2.13. The molecule has 0 aliphatic rings. The van der Waals surface area contributed by atoms with Crippen LogP contribution in [0, 0.1) is 13.8 Å². The van der Waals surface area contributed by atoms with E-state index in [-0.39, 0.29) is 12.5 Å². The van der Waals surface area contributed by atoms with Gasteiger partial charge in [0.15, 0.2) is 6.61 Å². The summed E-state index contributed by atoms with van der Waals surface area (Å²) in [5, 5.41) is 6.56. The summed E-state index contributed by atoms with van der Waals surface area (Å²) in [5.74, 6) is -0.231. The van der Waals surface area contributed by atoms with Crippen molar-refractivity contribution in [3.63, 3.8) is 0 Å². The van der Waals surface area contributed by atoms with Gasteiger partial charge in [-0.2, -0.15) is 0 Å². The number of hydrogen-bond acceptors (Lipinski definition) is 3. The van der Waals surface area contributed by atoms with Gasteiger partial charge in [-0.3, -0.25) is 4.79 Å². The van der Waals surface area contributed by atoms with Gasteiger partial charge in [0.2, 0.25) is 0 Å². The summed E-state index contributed by atoms with van der Waals surface area (Å²) in [6.45, 7) is 3.86. The van der Waals surface area contributed by atoms with Crippen LogP contribution in [0.2, 0.25) is 0 Å². The molecule has 2 rings (SSSR count). The van der Waals surface area contributed by atoms with Gasteiger partial charge in [-0.25, -0.2) is 0 Å². The van der Waals surface area contributed by atoms with Gasteiger partial charge in [0.25, 0.3) is 5.91 Å². The zero-order valence-electron chi connectivity index (χ0n) is 12.2. The second kappa shape index (κ2) is 7.24. The molecule has 0 aliphatic carbocycles. The largest absolute Gasteiger partial charge is 0.386 e. The number of rotatable bonds is 5. The zero-order chi connectivity index (χ0) is 15.1. The lowest BCUT2D eigenvalue weighted by Crippen LogP contribution is -2.17. The summed E-state index contributed by atoms with van der Waals surface area (Å²) in [7, 11) is 0. The predicted molar refractivity (Wildman–Crippen MR) is 84.5 cm³/mol. The lowest BCUT2D eigenvalue weighted by molar-refractivity contribution is -0.120. The molecule has 108 valence electrons. The van der Waals surface area contributed by atoms with Crippen molar-refractivity contribution in [2.45, 2.75) is 13.8 Å². The molecular formula is C17H18N2O2. The number of aryl methyl sites for hydroxylation is 2. The van der Waals surface area contributed by atoms with Crippen molar-refractivity contribution in [2.24, 2.45) is 5.16 Å². The third kappa shape index (κ3) is 5.10. The number of nitrogens with zero attached hydrogens (tertiary/aromatic N) is 1. The van der Waals surface area contributed by atoms with Crippen molar-refractivity contribution in [3.05, 3.63) is 65.2 Å². The second-order valence-corrected chi connectivity index (χ2v) is 4.84. The first-order valence-corrected chi connectivity index (χ1v) is 6.72. The van der Waals surface area contributed by atoms with E-state index in [1.54, 1.807) is 6.21 Å². The van der Waals surface area contributed by atoms with Crippen LogP contribution in [0.5, 0.6) is 0 Å². The minimum absolute atomic E-state index is 0.115. The van der Waals surface area contributed by atoms with E-state index in [1.165, 1.54) is 0 Å². The molecule has 1 amide bonds. The quantitative estimate of drug-likeness (QED) is 0.675. The van der Waals surface area contributed by atoms with Crippen molar-refractivity contribution in [1.82, 2.24) is 0 Å².